The lowest BCUT2D eigenvalue weighted by Gasteiger charge is -2.38. The van der Waals surface area contributed by atoms with Crippen molar-refractivity contribution < 1.29 is 9.53 Å². The van der Waals surface area contributed by atoms with Gasteiger partial charge in [0.2, 0.25) is 0 Å². The highest BCUT2D eigenvalue weighted by Crippen LogP contribution is 2.29. The van der Waals surface area contributed by atoms with Crippen LogP contribution in [0.25, 0.3) is 0 Å². The van der Waals surface area contributed by atoms with E-state index in [9.17, 15) is 4.79 Å². The zero-order valence-electron chi connectivity index (χ0n) is 17.5. The summed E-state index contributed by atoms with van der Waals surface area (Å²) in [5.41, 5.74) is 0.984. The quantitative estimate of drug-likeness (QED) is 0.366. The SMILES string of the molecule is CN=C(NCC(C)(C)c1ccccc1Cl)N1CCN(C(=O)C2CCCO2)CC1.I. The molecule has 0 saturated carbocycles. The molecule has 2 aliphatic rings. The third kappa shape index (κ3) is 5.98. The van der Waals surface area contributed by atoms with Crippen LogP contribution in [0.2, 0.25) is 5.02 Å². The zero-order valence-corrected chi connectivity index (χ0v) is 20.6. The monoisotopic (exact) mass is 534 g/mol. The van der Waals surface area contributed by atoms with Gasteiger partial charge >= 0.3 is 0 Å². The number of nitrogens with zero attached hydrogens (tertiary/aromatic N) is 3. The average Bonchev–Trinajstić information content (AvgIpc) is 3.23. The van der Waals surface area contributed by atoms with E-state index in [0.717, 1.165) is 49.0 Å². The van der Waals surface area contributed by atoms with Crippen molar-refractivity contribution in [3.05, 3.63) is 34.9 Å². The van der Waals surface area contributed by atoms with Crippen molar-refractivity contribution in [3.8, 4) is 0 Å². The molecule has 6 nitrogen and oxygen atoms in total. The lowest BCUT2D eigenvalue weighted by Crippen LogP contribution is -2.56. The molecule has 8 heteroatoms. The Morgan fingerprint density at radius 2 is 1.90 bits per heavy atom. The van der Waals surface area contributed by atoms with Crippen LogP contribution in [0.1, 0.15) is 32.3 Å². The van der Waals surface area contributed by atoms with Gasteiger partial charge in [0.15, 0.2) is 5.96 Å². The molecule has 2 aliphatic heterocycles. The predicted octanol–water partition coefficient (Wildman–Crippen LogP) is 3.13. The first-order valence-corrected chi connectivity index (χ1v) is 10.4. The molecular weight excluding hydrogens is 503 g/mol. The van der Waals surface area contributed by atoms with E-state index >= 15 is 0 Å². The third-order valence-corrected chi connectivity index (χ3v) is 5.93. The molecule has 0 spiro atoms. The van der Waals surface area contributed by atoms with E-state index in [4.69, 9.17) is 16.3 Å². The van der Waals surface area contributed by atoms with Crippen LogP contribution in [0.4, 0.5) is 0 Å². The molecule has 0 bridgehead atoms. The van der Waals surface area contributed by atoms with Gasteiger partial charge in [0.25, 0.3) is 5.91 Å². The molecule has 0 radical (unpaired) electrons. The van der Waals surface area contributed by atoms with Crippen molar-refractivity contribution >= 4 is 47.4 Å². The van der Waals surface area contributed by atoms with E-state index < -0.39 is 0 Å². The molecule has 1 aromatic rings. The average molecular weight is 535 g/mol. The summed E-state index contributed by atoms with van der Waals surface area (Å²) >= 11 is 6.39. The Hall–Kier alpha value is -1.06. The van der Waals surface area contributed by atoms with E-state index in [-0.39, 0.29) is 41.4 Å². The number of aliphatic imine (C=N–C) groups is 1. The molecule has 2 fully saturated rings. The summed E-state index contributed by atoms with van der Waals surface area (Å²) < 4.78 is 5.54. The number of piperazine rings is 1. The van der Waals surface area contributed by atoms with Crippen LogP contribution in [-0.4, -0.2) is 74.1 Å². The van der Waals surface area contributed by atoms with Gasteiger partial charge in [0.1, 0.15) is 6.10 Å². The van der Waals surface area contributed by atoms with E-state index in [2.05, 4.69) is 35.1 Å². The number of guanidine groups is 1. The van der Waals surface area contributed by atoms with Gasteiger partial charge in [-0.3, -0.25) is 9.79 Å². The fourth-order valence-corrected chi connectivity index (χ4v) is 4.24. The minimum Gasteiger partial charge on any atom is -0.368 e. The topological polar surface area (TPSA) is 57.2 Å². The van der Waals surface area contributed by atoms with Gasteiger partial charge in [-0.1, -0.05) is 43.6 Å². The molecule has 0 aliphatic carbocycles. The number of carbonyl (C=O) groups excluding carboxylic acids is 1. The minimum atomic E-state index is -0.236. The van der Waals surface area contributed by atoms with Gasteiger partial charge in [-0.2, -0.15) is 0 Å². The molecule has 162 valence electrons. The molecule has 0 aromatic heterocycles. The highest BCUT2D eigenvalue weighted by atomic mass is 127. The molecule has 1 N–H and O–H groups in total. The summed E-state index contributed by atoms with van der Waals surface area (Å²) in [6.45, 7) is 8.71. The first kappa shape index (κ1) is 24.2. The van der Waals surface area contributed by atoms with Gasteiger partial charge in [-0.15, -0.1) is 24.0 Å². The molecule has 1 atom stereocenters. The maximum absolute atomic E-state index is 12.5. The first-order chi connectivity index (χ1) is 13.4. The lowest BCUT2D eigenvalue weighted by atomic mass is 9.84. The second-order valence-electron chi connectivity index (χ2n) is 8.08. The Morgan fingerprint density at radius 1 is 1.24 bits per heavy atom. The number of halogens is 2. The van der Waals surface area contributed by atoms with Crippen LogP contribution >= 0.6 is 35.6 Å². The van der Waals surface area contributed by atoms with Gasteiger partial charge < -0.3 is 19.9 Å². The van der Waals surface area contributed by atoms with Crippen molar-refractivity contribution in [2.24, 2.45) is 4.99 Å². The van der Waals surface area contributed by atoms with Gasteiger partial charge in [-0.25, -0.2) is 0 Å². The molecule has 1 unspecified atom stereocenters. The number of carbonyl (C=O) groups is 1. The zero-order chi connectivity index (χ0) is 20.1. The van der Waals surface area contributed by atoms with E-state index in [1.165, 1.54) is 0 Å². The van der Waals surface area contributed by atoms with Crippen LogP contribution in [-0.2, 0) is 14.9 Å². The Bertz CT molecular complexity index is 714. The van der Waals surface area contributed by atoms with Crippen LogP contribution in [0.3, 0.4) is 0 Å². The van der Waals surface area contributed by atoms with Crippen molar-refractivity contribution in [1.82, 2.24) is 15.1 Å². The molecular formula is C21H32ClIN4O2. The van der Waals surface area contributed by atoms with Crippen molar-refractivity contribution in [1.29, 1.82) is 0 Å². The normalized spacial score (nSPS) is 20.4. The number of nitrogens with one attached hydrogen (secondary N) is 1. The van der Waals surface area contributed by atoms with E-state index in [1.54, 1.807) is 7.05 Å². The molecule has 2 saturated heterocycles. The van der Waals surface area contributed by atoms with Gasteiger partial charge in [0.05, 0.1) is 0 Å². The second kappa shape index (κ2) is 10.8. The number of benzene rings is 1. The fourth-order valence-electron chi connectivity index (χ4n) is 3.85. The Morgan fingerprint density at radius 3 is 2.48 bits per heavy atom. The van der Waals surface area contributed by atoms with Crippen molar-refractivity contribution in [2.45, 2.75) is 38.2 Å². The number of hydrogen-bond acceptors (Lipinski definition) is 3. The van der Waals surface area contributed by atoms with Gasteiger partial charge in [0, 0.05) is 56.8 Å². The molecule has 1 amide bonds. The molecule has 29 heavy (non-hydrogen) atoms. The minimum absolute atomic E-state index is 0. The summed E-state index contributed by atoms with van der Waals surface area (Å²) in [5, 5.41) is 4.28. The Labute approximate surface area is 196 Å². The largest absolute Gasteiger partial charge is 0.368 e. The summed E-state index contributed by atoms with van der Waals surface area (Å²) in [6.07, 6.45) is 1.59. The van der Waals surface area contributed by atoms with Crippen LogP contribution in [0.5, 0.6) is 0 Å². The van der Waals surface area contributed by atoms with E-state index in [1.807, 2.05) is 23.1 Å². The highest BCUT2D eigenvalue weighted by Gasteiger charge is 2.31. The highest BCUT2D eigenvalue weighted by molar-refractivity contribution is 14.0. The smallest absolute Gasteiger partial charge is 0.251 e. The standard InChI is InChI=1S/C21H31ClN4O2.HI/c1-21(2,16-7-4-5-8-17(16)22)15-24-20(23-3)26-12-10-25(11-13-26)19(27)18-9-6-14-28-18;/h4-5,7-8,18H,6,9-15H2,1-3H3,(H,23,24);1H. The predicted molar refractivity (Wildman–Crippen MR) is 128 cm³/mol. The summed E-state index contributed by atoms with van der Waals surface area (Å²) in [5.74, 6) is 1.00. The van der Waals surface area contributed by atoms with Crippen molar-refractivity contribution in [3.63, 3.8) is 0 Å². The summed E-state index contributed by atoms with van der Waals surface area (Å²) in [6, 6.07) is 7.97. The number of ether oxygens (including phenoxy) is 1. The van der Waals surface area contributed by atoms with Crippen LogP contribution in [0, 0.1) is 0 Å². The van der Waals surface area contributed by atoms with Crippen LogP contribution < -0.4 is 5.32 Å². The molecule has 3 rings (SSSR count). The van der Waals surface area contributed by atoms with Crippen molar-refractivity contribution in [2.75, 3.05) is 46.4 Å². The Balaban J connectivity index is 0.00000300. The second-order valence-corrected chi connectivity index (χ2v) is 8.49. The van der Waals surface area contributed by atoms with Gasteiger partial charge in [-0.05, 0) is 24.5 Å². The maximum Gasteiger partial charge on any atom is 0.251 e. The maximum atomic E-state index is 12.5. The number of hydrogen-bond donors (Lipinski definition) is 1. The number of rotatable bonds is 4. The summed E-state index contributed by atoms with van der Waals surface area (Å²) in [4.78, 5) is 21.1. The lowest BCUT2D eigenvalue weighted by molar-refractivity contribution is -0.142. The Kier molecular flexibility index (Phi) is 9.03. The molecule has 2 heterocycles. The van der Waals surface area contributed by atoms with Crippen LogP contribution in [0.15, 0.2) is 29.3 Å². The first-order valence-electron chi connectivity index (χ1n) is 10.0. The molecule has 1 aromatic carbocycles. The fraction of sp³-hybridized carbons (Fsp3) is 0.619. The van der Waals surface area contributed by atoms with E-state index in [0.29, 0.717) is 19.7 Å². The summed E-state index contributed by atoms with van der Waals surface area (Å²) in [7, 11) is 1.80. The number of amides is 1. The third-order valence-electron chi connectivity index (χ3n) is 5.60.